The monoisotopic (exact) mass is 290 g/mol. The van der Waals surface area contributed by atoms with Crippen LogP contribution in [0, 0.1) is 5.41 Å². The van der Waals surface area contributed by atoms with E-state index in [4.69, 9.17) is 18.0 Å². The van der Waals surface area contributed by atoms with Gasteiger partial charge in [0, 0.05) is 17.5 Å². The molecule has 0 aromatic heterocycles. The summed E-state index contributed by atoms with van der Waals surface area (Å²) in [7, 11) is 0. The Morgan fingerprint density at radius 1 is 1.35 bits per heavy atom. The van der Waals surface area contributed by atoms with Gasteiger partial charge in [-0.25, -0.2) is 0 Å². The molecule has 0 unspecified atom stereocenters. The first-order valence-corrected chi connectivity index (χ1v) is 7.59. The summed E-state index contributed by atoms with van der Waals surface area (Å²) >= 11 is 4.97. The summed E-state index contributed by atoms with van der Waals surface area (Å²) in [5.74, 6) is 0.165. The molecule has 1 amide bonds. The number of carbonyl (C=O) groups is 1. The zero-order valence-corrected chi connectivity index (χ0v) is 12.8. The van der Waals surface area contributed by atoms with Gasteiger partial charge in [-0.05, 0) is 24.5 Å². The van der Waals surface area contributed by atoms with Crippen LogP contribution in [0.5, 0.6) is 0 Å². The second-order valence-corrected chi connectivity index (χ2v) is 6.31. The molecule has 0 heterocycles. The van der Waals surface area contributed by atoms with Gasteiger partial charge < -0.3 is 11.1 Å². The van der Waals surface area contributed by atoms with E-state index >= 15 is 0 Å². The van der Waals surface area contributed by atoms with Crippen LogP contribution in [0.25, 0.3) is 0 Å². The zero-order valence-electron chi connectivity index (χ0n) is 11.9. The molecule has 0 atom stereocenters. The molecule has 0 aliphatic heterocycles. The molecular formula is C16H22N2OS. The van der Waals surface area contributed by atoms with Crippen molar-refractivity contribution in [2.24, 2.45) is 11.1 Å². The molecule has 0 spiro atoms. The average Bonchev–Trinajstić information content (AvgIpc) is 2.45. The first-order chi connectivity index (χ1) is 9.51. The summed E-state index contributed by atoms with van der Waals surface area (Å²) in [5.41, 5.74) is 7.30. The lowest BCUT2D eigenvalue weighted by molar-refractivity contribution is -0.132. The van der Waals surface area contributed by atoms with E-state index in [2.05, 4.69) is 12.2 Å². The summed E-state index contributed by atoms with van der Waals surface area (Å²) in [5, 5.41) is 3.05. The van der Waals surface area contributed by atoms with Crippen LogP contribution in [-0.2, 0) is 11.3 Å². The molecule has 1 aliphatic rings. The summed E-state index contributed by atoms with van der Waals surface area (Å²) < 4.78 is 0. The molecule has 1 aromatic rings. The number of thiocarbonyl (C=S) groups is 1. The molecule has 0 saturated heterocycles. The van der Waals surface area contributed by atoms with Crippen LogP contribution in [0.3, 0.4) is 0 Å². The number of carbonyl (C=O) groups excluding carboxylic acids is 1. The van der Waals surface area contributed by atoms with E-state index in [-0.39, 0.29) is 11.3 Å². The molecule has 0 bridgehead atoms. The van der Waals surface area contributed by atoms with Crippen molar-refractivity contribution in [1.82, 2.24) is 5.32 Å². The van der Waals surface area contributed by atoms with Crippen molar-refractivity contribution in [3.05, 3.63) is 35.4 Å². The average molecular weight is 290 g/mol. The molecule has 3 N–H and O–H groups in total. The van der Waals surface area contributed by atoms with Crippen molar-refractivity contribution < 1.29 is 4.79 Å². The Bertz CT molecular complexity index is 507. The lowest BCUT2D eigenvalue weighted by atomic mass is 9.75. The van der Waals surface area contributed by atoms with E-state index in [1.165, 1.54) is 6.42 Å². The highest BCUT2D eigenvalue weighted by atomic mass is 32.1. The number of nitrogens with two attached hydrogens (primary N) is 1. The van der Waals surface area contributed by atoms with Gasteiger partial charge in [-0.15, -0.1) is 0 Å². The van der Waals surface area contributed by atoms with Crippen LogP contribution < -0.4 is 11.1 Å². The smallest absolute Gasteiger partial charge is 0.226 e. The minimum Gasteiger partial charge on any atom is -0.389 e. The largest absolute Gasteiger partial charge is 0.389 e. The van der Waals surface area contributed by atoms with Crippen LogP contribution in [0.2, 0.25) is 0 Å². The first-order valence-electron chi connectivity index (χ1n) is 7.18. The van der Waals surface area contributed by atoms with E-state index in [1.807, 2.05) is 24.3 Å². The Kier molecular flexibility index (Phi) is 4.76. The molecule has 20 heavy (non-hydrogen) atoms. The lowest BCUT2D eigenvalue weighted by Gasteiger charge is -2.32. The molecular weight excluding hydrogens is 268 g/mol. The number of hydrogen-bond acceptors (Lipinski definition) is 2. The molecule has 3 nitrogen and oxygen atoms in total. The van der Waals surface area contributed by atoms with Crippen LogP contribution in [0.1, 0.15) is 50.2 Å². The fourth-order valence-corrected chi connectivity index (χ4v) is 2.92. The maximum atomic E-state index is 12.4. The second kappa shape index (κ2) is 6.35. The molecule has 1 fully saturated rings. The topological polar surface area (TPSA) is 55.1 Å². The SMILES string of the molecule is CC1(C(=O)NCc2cccc(C(N)=S)c2)CCCCC1. The Morgan fingerprint density at radius 3 is 2.70 bits per heavy atom. The van der Waals surface area contributed by atoms with Gasteiger partial charge in [0.1, 0.15) is 4.99 Å². The van der Waals surface area contributed by atoms with E-state index in [9.17, 15) is 4.79 Å². The van der Waals surface area contributed by atoms with Crippen molar-refractivity contribution in [3.8, 4) is 0 Å². The Hall–Kier alpha value is -1.42. The van der Waals surface area contributed by atoms with Crippen molar-refractivity contribution in [1.29, 1.82) is 0 Å². The minimum absolute atomic E-state index is 0.165. The highest BCUT2D eigenvalue weighted by molar-refractivity contribution is 7.80. The van der Waals surface area contributed by atoms with E-state index < -0.39 is 0 Å². The molecule has 0 radical (unpaired) electrons. The molecule has 4 heteroatoms. The number of benzene rings is 1. The van der Waals surface area contributed by atoms with E-state index in [1.54, 1.807) is 0 Å². The van der Waals surface area contributed by atoms with Crippen molar-refractivity contribution in [3.63, 3.8) is 0 Å². The predicted octanol–water partition coefficient (Wildman–Crippen LogP) is 2.91. The number of rotatable bonds is 4. The molecule has 108 valence electrons. The fourth-order valence-electron chi connectivity index (χ4n) is 2.79. The highest BCUT2D eigenvalue weighted by Crippen LogP contribution is 2.35. The van der Waals surface area contributed by atoms with Gasteiger partial charge in [-0.3, -0.25) is 4.79 Å². The normalized spacial score (nSPS) is 17.4. The standard InChI is InChI=1S/C16H22N2OS/c1-16(8-3-2-4-9-16)15(19)18-11-12-6-5-7-13(10-12)14(17)20/h5-7,10H,2-4,8-9,11H2,1H3,(H2,17,20)(H,18,19). The summed E-state index contributed by atoms with van der Waals surface area (Å²) in [6.07, 6.45) is 5.54. The second-order valence-electron chi connectivity index (χ2n) is 5.87. The third-order valence-electron chi connectivity index (χ3n) is 4.17. The molecule has 2 rings (SSSR count). The third-order valence-corrected chi connectivity index (χ3v) is 4.41. The highest BCUT2D eigenvalue weighted by Gasteiger charge is 2.34. The molecule has 1 aromatic carbocycles. The van der Waals surface area contributed by atoms with Crippen LogP contribution in [0.15, 0.2) is 24.3 Å². The fraction of sp³-hybridized carbons (Fsp3) is 0.500. The number of hydrogen-bond donors (Lipinski definition) is 2. The molecule has 1 aliphatic carbocycles. The van der Waals surface area contributed by atoms with Gasteiger partial charge in [0.05, 0.1) is 0 Å². The van der Waals surface area contributed by atoms with Gasteiger partial charge in [0.25, 0.3) is 0 Å². The third kappa shape index (κ3) is 3.57. The van der Waals surface area contributed by atoms with Crippen LogP contribution >= 0.6 is 12.2 Å². The van der Waals surface area contributed by atoms with Crippen molar-refractivity contribution >= 4 is 23.1 Å². The predicted molar refractivity (Wildman–Crippen MR) is 85.4 cm³/mol. The Balaban J connectivity index is 1.96. The zero-order chi connectivity index (χ0) is 14.6. The van der Waals surface area contributed by atoms with Gasteiger partial charge >= 0.3 is 0 Å². The van der Waals surface area contributed by atoms with Crippen molar-refractivity contribution in [2.45, 2.75) is 45.6 Å². The van der Waals surface area contributed by atoms with Gasteiger partial charge in [-0.1, -0.05) is 56.6 Å². The van der Waals surface area contributed by atoms with Gasteiger partial charge in [0.15, 0.2) is 0 Å². The van der Waals surface area contributed by atoms with Crippen LogP contribution in [-0.4, -0.2) is 10.9 Å². The van der Waals surface area contributed by atoms with E-state index in [0.29, 0.717) is 11.5 Å². The summed E-state index contributed by atoms with van der Waals surface area (Å²) in [4.78, 5) is 12.7. The Morgan fingerprint density at radius 2 is 2.05 bits per heavy atom. The van der Waals surface area contributed by atoms with Gasteiger partial charge in [-0.2, -0.15) is 0 Å². The summed E-state index contributed by atoms with van der Waals surface area (Å²) in [6.45, 7) is 2.61. The summed E-state index contributed by atoms with van der Waals surface area (Å²) in [6, 6.07) is 7.71. The maximum Gasteiger partial charge on any atom is 0.226 e. The van der Waals surface area contributed by atoms with Crippen LogP contribution in [0.4, 0.5) is 0 Å². The number of amides is 1. The molecule has 1 saturated carbocycles. The van der Waals surface area contributed by atoms with E-state index in [0.717, 1.165) is 36.8 Å². The Labute approximate surface area is 125 Å². The minimum atomic E-state index is -0.195. The maximum absolute atomic E-state index is 12.4. The number of nitrogens with one attached hydrogen (secondary N) is 1. The van der Waals surface area contributed by atoms with Crippen molar-refractivity contribution in [2.75, 3.05) is 0 Å². The lowest BCUT2D eigenvalue weighted by Crippen LogP contribution is -2.39. The quantitative estimate of drug-likeness (QED) is 0.838. The van der Waals surface area contributed by atoms with Gasteiger partial charge in [0.2, 0.25) is 5.91 Å². The first kappa shape index (κ1) is 15.0.